The molecule has 0 unspecified atom stereocenters. The van der Waals surface area contributed by atoms with Crippen LogP contribution in [0.15, 0.2) is 29.2 Å². The molecule has 84 valence electrons. The zero-order valence-corrected chi connectivity index (χ0v) is 10.9. The predicted octanol–water partition coefficient (Wildman–Crippen LogP) is 4.17. The fraction of sp³-hybridized carbons (Fsp3) is 0.500. The van der Waals surface area contributed by atoms with Crippen LogP contribution in [0.3, 0.4) is 0 Å². The second-order valence-corrected chi connectivity index (χ2v) is 6.92. The van der Waals surface area contributed by atoms with E-state index in [9.17, 15) is 5.26 Å². The molecular formula is C14H17NS. The van der Waals surface area contributed by atoms with E-state index in [-0.39, 0.29) is 4.75 Å². The molecule has 1 aromatic rings. The lowest BCUT2D eigenvalue weighted by atomic mass is 9.64. The molecule has 0 spiro atoms. The van der Waals surface area contributed by atoms with Crippen LogP contribution in [0.2, 0.25) is 0 Å². The summed E-state index contributed by atoms with van der Waals surface area (Å²) >= 11 is 1.75. The smallest absolute Gasteiger partial charge is 0.108 e. The van der Waals surface area contributed by atoms with E-state index in [0.29, 0.717) is 5.41 Å². The summed E-state index contributed by atoms with van der Waals surface area (Å²) in [5, 5.41) is 9.35. The van der Waals surface area contributed by atoms with Crippen molar-refractivity contribution in [3.05, 3.63) is 29.8 Å². The summed E-state index contributed by atoms with van der Waals surface area (Å²) in [5.41, 5.74) is 1.61. The molecule has 0 aromatic heterocycles. The maximum absolute atomic E-state index is 9.35. The van der Waals surface area contributed by atoms with E-state index < -0.39 is 0 Å². The Balaban J connectivity index is 2.17. The largest absolute Gasteiger partial charge is 0.197 e. The minimum atomic E-state index is -0.185. The Kier molecular flexibility index (Phi) is 2.75. The van der Waals surface area contributed by atoms with Crippen LogP contribution in [0.4, 0.5) is 0 Å². The highest BCUT2D eigenvalue weighted by Crippen LogP contribution is 2.57. The molecule has 0 N–H and O–H groups in total. The molecule has 0 atom stereocenters. The third-order valence-electron chi connectivity index (χ3n) is 3.13. The Morgan fingerprint density at radius 1 is 1.25 bits per heavy atom. The first-order valence-corrected chi connectivity index (χ1v) is 6.44. The molecule has 2 heteroatoms. The predicted molar refractivity (Wildman–Crippen MR) is 68.4 cm³/mol. The number of rotatable bonds is 2. The molecule has 1 nitrogen and oxygen atoms in total. The van der Waals surface area contributed by atoms with Crippen molar-refractivity contribution in [1.29, 1.82) is 5.26 Å². The SMILES string of the molecule is Cc1ccccc1SC1(C#N)CC(C)(C)C1. The van der Waals surface area contributed by atoms with Gasteiger partial charge in [0.25, 0.3) is 0 Å². The van der Waals surface area contributed by atoms with Gasteiger partial charge >= 0.3 is 0 Å². The molecule has 16 heavy (non-hydrogen) atoms. The highest BCUT2D eigenvalue weighted by molar-refractivity contribution is 8.01. The topological polar surface area (TPSA) is 23.8 Å². The molecule has 1 fully saturated rings. The van der Waals surface area contributed by atoms with E-state index in [4.69, 9.17) is 0 Å². The average Bonchev–Trinajstić information content (AvgIpc) is 2.18. The number of thioether (sulfide) groups is 1. The summed E-state index contributed by atoms with van der Waals surface area (Å²) in [6.45, 7) is 6.58. The van der Waals surface area contributed by atoms with Crippen LogP contribution in [0.5, 0.6) is 0 Å². The van der Waals surface area contributed by atoms with Gasteiger partial charge in [-0.05, 0) is 36.8 Å². The minimum absolute atomic E-state index is 0.185. The molecule has 1 aliphatic carbocycles. The van der Waals surface area contributed by atoms with Gasteiger partial charge in [0.1, 0.15) is 4.75 Å². The Labute approximate surface area is 102 Å². The summed E-state index contributed by atoms with van der Waals surface area (Å²) in [4.78, 5) is 1.25. The first-order valence-electron chi connectivity index (χ1n) is 5.62. The van der Waals surface area contributed by atoms with Crippen LogP contribution in [0, 0.1) is 23.7 Å². The maximum Gasteiger partial charge on any atom is 0.108 e. The van der Waals surface area contributed by atoms with E-state index in [2.05, 4.69) is 39.0 Å². The molecule has 2 rings (SSSR count). The van der Waals surface area contributed by atoms with Crippen molar-refractivity contribution < 1.29 is 0 Å². The summed E-state index contributed by atoms with van der Waals surface area (Å²) < 4.78 is -0.185. The first kappa shape index (κ1) is 11.5. The summed E-state index contributed by atoms with van der Waals surface area (Å²) in [5.74, 6) is 0. The van der Waals surface area contributed by atoms with Gasteiger partial charge in [-0.15, -0.1) is 11.8 Å². The van der Waals surface area contributed by atoms with Gasteiger partial charge in [-0.25, -0.2) is 0 Å². The summed E-state index contributed by atoms with van der Waals surface area (Å²) in [6, 6.07) is 10.8. The number of hydrogen-bond acceptors (Lipinski definition) is 2. The maximum atomic E-state index is 9.35. The van der Waals surface area contributed by atoms with Crippen LogP contribution < -0.4 is 0 Å². The van der Waals surface area contributed by atoms with Gasteiger partial charge in [0, 0.05) is 4.90 Å². The zero-order chi connectivity index (χ0) is 11.8. The quantitative estimate of drug-likeness (QED) is 0.762. The monoisotopic (exact) mass is 231 g/mol. The van der Waals surface area contributed by atoms with Gasteiger partial charge < -0.3 is 0 Å². The van der Waals surface area contributed by atoms with Crippen LogP contribution in [-0.2, 0) is 0 Å². The minimum Gasteiger partial charge on any atom is -0.197 e. The number of hydrogen-bond donors (Lipinski definition) is 0. The normalized spacial score (nSPS) is 20.9. The molecule has 0 heterocycles. The molecule has 0 radical (unpaired) electrons. The number of nitriles is 1. The van der Waals surface area contributed by atoms with Crippen molar-refractivity contribution in [3.63, 3.8) is 0 Å². The highest BCUT2D eigenvalue weighted by Gasteiger charge is 2.50. The Morgan fingerprint density at radius 2 is 1.88 bits per heavy atom. The summed E-state index contributed by atoms with van der Waals surface area (Å²) in [7, 11) is 0. The van der Waals surface area contributed by atoms with Gasteiger partial charge in [0.2, 0.25) is 0 Å². The number of benzene rings is 1. The second kappa shape index (κ2) is 3.82. The van der Waals surface area contributed by atoms with Crippen molar-refractivity contribution in [3.8, 4) is 6.07 Å². The lowest BCUT2D eigenvalue weighted by Gasteiger charge is -2.48. The highest BCUT2D eigenvalue weighted by atomic mass is 32.2. The van der Waals surface area contributed by atoms with Gasteiger partial charge in [-0.2, -0.15) is 5.26 Å². The lowest BCUT2D eigenvalue weighted by Crippen LogP contribution is -2.45. The summed E-state index contributed by atoms with van der Waals surface area (Å²) in [6.07, 6.45) is 1.99. The standard InChI is InChI=1S/C14H17NS/c1-11-6-4-5-7-12(11)16-14(10-15)8-13(2,3)9-14/h4-7H,8-9H2,1-3H3. The van der Waals surface area contributed by atoms with Crippen molar-refractivity contribution in [2.45, 2.75) is 43.3 Å². The third kappa shape index (κ3) is 2.10. The average molecular weight is 231 g/mol. The van der Waals surface area contributed by atoms with Crippen molar-refractivity contribution in [2.24, 2.45) is 5.41 Å². The molecular weight excluding hydrogens is 214 g/mol. The van der Waals surface area contributed by atoms with E-state index in [1.54, 1.807) is 11.8 Å². The van der Waals surface area contributed by atoms with E-state index in [0.717, 1.165) is 12.8 Å². The second-order valence-electron chi connectivity index (χ2n) is 5.49. The molecule has 1 aliphatic rings. The Morgan fingerprint density at radius 3 is 2.38 bits per heavy atom. The molecule has 1 aromatic carbocycles. The van der Waals surface area contributed by atoms with Crippen LogP contribution in [-0.4, -0.2) is 4.75 Å². The lowest BCUT2D eigenvalue weighted by molar-refractivity contribution is 0.162. The van der Waals surface area contributed by atoms with Crippen LogP contribution in [0.1, 0.15) is 32.3 Å². The van der Waals surface area contributed by atoms with Crippen molar-refractivity contribution >= 4 is 11.8 Å². The van der Waals surface area contributed by atoms with Gasteiger partial charge in [-0.1, -0.05) is 32.0 Å². The van der Waals surface area contributed by atoms with Gasteiger partial charge in [-0.3, -0.25) is 0 Å². The van der Waals surface area contributed by atoms with Crippen molar-refractivity contribution in [2.75, 3.05) is 0 Å². The van der Waals surface area contributed by atoms with Crippen LogP contribution >= 0.6 is 11.8 Å². The fourth-order valence-corrected chi connectivity index (χ4v) is 4.32. The molecule has 1 saturated carbocycles. The molecule has 0 aliphatic heterocycles. The Hall–Kier alpha value is -0.940. The van der Waals surface area contributed by atoms with Crippen molar-refractivity contribution in [1.82, 2.24) is 0 Å². The zero-order valence-electron chi connectivity index (χ0n) is 10.1. The number of nitrogens with zero attached hydrogens (tertiary/aromatic N) is 1. The van der Waals surface area contributed by atoms with E-state index in [1.165, 1.54) is 10.5 Å². The van der Waals surface area contributed by atoms with E-state index >= 15 is 0 Å². The Bertz CT molecular complexity index is 434. The molecule has 0 saturated heterocycles. The number of aryl methyl sites for hydroxylation is 1. The fourth-order valence-electron chi connectivity index (χ4n) is 2.55. The van der Waals surface area contributed by atoms with E-state index in [1.807, 2.05) is 12.1 Å². The van der Waals surface area contributed by atoms with Crippen LogP contribution in [0.25, 0.3) is 0 Å². The molecule has 0 amide bonds. The third-order valence-corrected chi connectivity index (χ3v) is 4.58. The van der Waals surface area contributed by atoms with Gasteiger partial charge in [0.15, 0.2) is 0 Å². The van der Waals surface area contributed by atoms with Gasteiger partial charge in [0.05, 0.1) is 6.07 Å². The molecule has 0 bridgehead atoms. The first-order chi connectivity index (χ1) is 7.46.